The maximum Gasteiger partial charge on any atom is 0.143 e. The van der Waals surface area contributed by atoms with Crippen molar-refractivity contribution in [1.82, 2.24) is 0 Å². The molecule has 1 aromatic rings. The van der Waals surface area contributed by atoms with Gasteiger partial charge in [0.2, 0.25) is 0 Å². The molecule has 0 aliphatic rings. The first-order valence-corrected chi connectivity index (χ1v) is 4.78. The SMILES string of the molecule is CC=C(CC)c1cc(C#N)c(F)cc1N. The summed E-state index contributed by atoms with van der Waals surface area (Å²) in [6.07, 6.45) is 2.72. The Hall–Kier alpha value is -1.82. The summed E-state index contributed by atoms with van der Waals surface area (Å²) < 4.78 is 13.2. The molecule has 0 amide bonds. The van der Waals surface area contributed by atoms with Crippen molar-refractivity contribution in [2.45, 2.75) is 20.3 Å². The fourth-order valence-corrected chi connectivity index (χ4v) is 1.50. The Kier molecular flexibility index (Phi) is 3.46. The summed E-state index contributed by atoms with van der Waals surface area (Å²) in [4.78, 5) is 0. The summed E-state index contributed by atoms with van der Waals surface area (Å²) in [5.41, 5.74) is 7.88. The Morgan fingerprint density at radius 1 is 1.60 bits per heavy atom. The number of benzene rings is 1. The Morgan fingerprint density at radius 3 is 2.73 bits per heavy atom. The summed E-state index contributed by atoms with van der Waals surface area (Å²) in [5.74, 6) is -0.565. The number of hydrogen-bond donors (Lipinski definition) is 1. The van der Waals surface area contributed by atoms with Crippen molar-refractivity contribution in [2.75, 3.05) is 5.73 Å². The van der Waals surface area contributed by atoms with Crippen LogP contribution in [0.4, 0.5) is 10.1 Å². The molecule has 0 atom stereocenters. The van der Waals surface area contributed by atoms with Gasteiger partial charge in [-0.1, -0.05) is 13.0 Å². The van der Waals surface area contributed by atoms with Crippen LogP contribution in [0, 0.1) is 17.1 Å². The van der Waals surface area contributed by atoms with Crippen LogP contribution in [0.2, 0.25) is 0 Å². The van der Waals surface area contributed by atoms with Crippen molar-refractivity contribution in [3.05, 3.63) is 35.2 Å². The van der Waals surface area contributed by atoms with E-state index in [4.69, 9.17) is 11.0 Å². The lowest BCUT2D eigenvalue weighted by Gasteiger charge is -2.09. The summed E-state index contributed by atoms with van der Waals surface area (Å²) in [5, 5.41) is 8.71. The topological polar surface area (TPSA) is 49.8 Å². The third-order valence-electron chi connectivity index (χ3n) is 2.33. The molecule has 0 heterocycles. The smallest absolute Gasteiger partial charge is 0.143 e. The predicted molar refractivity (Wildman–Crippen MR) is 59.5 cm³/mol. The number of hydrogen-bond acceptors (Lipinski definition) is 2. The molecule has 1 rings (SSSR count). The van der Waals surface area contributed by atoms with Crippen molar-refractivity contribution in [1.29, 1.82) is 5.26 Å². The third kappa shape index (κ3) is 2.16. The van der Waals surface area contributed by atoms with Gasteiger partial charge in [-0.05, 0) is 31.1 Å². The van der Waals surface area contributed by atoms with Crippen LogP contribution in [-0.4, -0.2) is 0 Å². The van der Waals surface area contributed by atoms with Gasteiger partial charge in [0.1, 0.15) is 11.9 Å². The molecule has 0 radical (unpaired) electrons. The highest BCUT2D eigenvalue weighted by Gasteiger charge is 2.09. The van der Waals surface area contributed by atoms with Gasteiger partial charge in [-0.3, -0.25) is 0 Å². The summed E-state index contributed by atoms with van der Waals surface area (Å²) in [6, 6.07) is 4.51. The van der Waals surface area contributed by atoms with Crippen molar-refractivity contribution in [3.63, 3.8) is 0 Å². The fraction of sp³-hybridized carbons (Fsp3) is 0.250. The Balaban J connectivity index is 3.38. The van der Waals surface area contributed by atoms with E-state index in [1.54, 1.807) is 0 Å². The van der Waals surface area contributed by atoms with E-state index < -0.39 is 5.82 Å². The Bertz CT molecular complexity index is 442. The number of nitrogens with zero attached hydrogens (tertiary/aromatic N) is 1. The lowest BCUT2D eigenvalue weighted by Crippen LogP contribution is -1.97. The standard InChI is InChI=1S/C12H13FN2/c1-3-8(4-2)10-5-9(7-14)11(13)6-12(10)15/h3,5-6H,4,15H2,1-2H3. The molecule has 0 fully saturated rings. The molecule has 0 aliphatic carbocycles. The molecular formula is C12H13FN2. The van der Waals surface area contributed by atoms with Gasteiger partial charge < -0.3 is 5.73 Å². The second-order valence-corrected chi connectivity index (χ2v) is 3.20. The Labute approximate surface area is 88.8 Å². The normalized spacial score (nSPS) is 11.2. The number of halogens is 1. The second kappa shape index (κ2) is 4.61. The first-order valence-electron chi connectivity index (χ1n) is 4.78. The quantitative estimate of drug-likeness (QED) is 0.752. The third-order valence-corrected chi connectivity index (χ3v) is 2.33. The first-order chi connectivity index (χ1) is 7.13. The molecule has 0 saturated carbocycles. The molecular weight excluding hydrogens is 191 g/mol. The zero-order chi connectivity index (χ0) is 11.4. The van der Waals surface area contributed by atoms with Gasteiger partial charge in [-0.2, -0.15) is 5.26 Å². The average molecular weight is 204 g/mol. The minimum absolute atomic E-state index is 0.0343. The number of rotatable bonds is 2. The lowest BCUT2D eigenvalue weighted by atomic mass is 9.99. The molecule has 0 saturated heterocycles. The van der Waals surface area contributed by atoms with E-state index in [0.29, 0.717) is 5.69 Å². The van der Waals surface area contributed by atoms with Crippen LogP contribution in [0.15, 0.2) is 18.2 Å². The van der Waals surface area contributed by atoms with Gasteiger partial charge in [0.15, 0.2) is 0 Å². The fourth-order valence-electron chi connectivity index (χ4n) is 1.50. The number of nitriles is 1. The molecule has 1 aromatic carbocycles. The van der Waals surface area contributed by atoms with E-state index in [2.05, 4.69) is 0 Å². The van der Waals surface area contributed by atoms with Crippen LogP contribution in [0.5, 0.6) is 0 Å². The van der Waals surface area contributed by atoms with Crippen LogP contribution in [0.25, 0.3) is 5.57 Å². The minimum atomic E-state index is -0.565. The summed E-state index contributed by atoms with van der Waals surface area (Å²) in [6.45, 7) is 3.89. The van der Waals surface area contributed by atoms with Crippen LogP contribution >= 0.6 is 0 Å². The Morgan fingerprint density at radius 2 is 2.27 bits per heavy atom. The van der Waals surface area contributed by atoms with E-state index in [-0.39, 0.29) is 5.56 Å². The van der Waals surface area contributed by atoms with Gasteiger partial charge in [-0.15, -0.1) is 0 Å². The van der Waals surface area contributed by atoms with Crippen molar-refractivity contribution >= 4 is 11.3 Å². The highest BCUT2D eigenvalue weighted by molar-refractivity contribution is 5.76. The molecule has 0 bridgehead atoms. The summed E-state index contributed by atoms with van der Waals surface area (Å²) in [7, 11) is 0. The number of allylic oxidation sites excluding steroid dienone is 2. The molecule has 15 heavy (non-hydrogen) atoms. The van der Waals surface area contributed by atoms with Gasteiger partial charge in [0.05, 0.1) is 5.56 Å². The number of anilines is 1. The largest absolute Gasteiger partial charge is 0.398 e. The average Bonchev–Trinajstić information content (AvgIpc) is 2.22. The van der Waals surface area contributed by atoms with Gasteiger partial charge in [0.25, 0.3) is 0 Å². The lowest BCUT2D eigenvalue weighted by molar-refractivity contribution is 0.624. The van der Waals surface area contributed by atoms with Crippen LogP contribution < -0.4 is 5.73 Å². The van der Waals surface area contributed by atoms with E-state index in [0.717, 1.165) is 17.6 Å². The van der Waals surface area contributed by atoms with Gasteiger partial charge in [0, 0.05) is 11.3 Å². The highest BCUT2D eigenvalue weighted by atomic mass is 19.1. The van der Waals surface area contributed by atoms with E-state index >= 15 is 0 Å². The number of nitrogens with two attached hydrogens (primary N) is 1. The monoisotopic (exact) mass is 204 g/mol. The minimum Gasteiger partial charge on any atom is -0.398 e. The summed E-state index contributed by atoms with van der Waals surface area (Å²) >= 11 is 0. The van der Waals surface area contributed by atoms with Crippen LogP contribution in [0.3, 0.4) is 0 Å². The first kappa shape index (κ1) is 11.3. The van der Waals surface area contributed by atoms with Crippen molar-refractivity contribution in [2.24, 2.45) is 0 Å². The molecule has 0 unspecified atom stereocenters. The number of nitrogen functional groups attached to an aromatic ring is 1. The molecule has 0 aliphatic heterocycles. The molecule has 2 N–H and O–H groups in total. The molecule has 0 aromatic heterocycles. The molecule has 2 nitrogen and oxygen atoms in total. The zero-order valence-electron chi connectivity index (χ0n) is 8.84. The zero-order valence-corrected chi connectivity index (χ0v) is 8.84. The predicted octanol–water partition coefficient (Wildman–Crippen LogP) is 3.09. The maximum atomic E-state index is 13.2. The molecule has 3 heteroatoms. The van der Waals surface area contributed by atoms with E-state index in [1.165, 1.54) is 12.1 Å². The van der Waals surface area contributed by atoms with Gasteiger partial charge >= 0.3 is 0 Å². The highest BCUT2D eigenvalue weighted by Crippen LogP contribution is 2.26. The maximum absolute atomic E-state index is 13.2. The van der Waals surface area contributed by atoms with E-state index in [9.17, 15) is 4.39 Å². The van der Waals surface area contributed by atoms with Crippen LogP contribution in [-0.2, 0) is 0 Å². The van der Waals surface area contributed by atoms with Crippen LogP contribution in [0.1, 0.15) is 31.4 Å². The second-order valence-electron chi connectivity index (χ2n) is 3.20. The molecule has 0 spiro atoms. The van der Waals surface area contributed by atoms with Gasteiger partial charge in [-0.25, -0.2) is 4.39 Å². The van der Waals surface area contributed by atoms with E-state index in [1.807, 2.05) is 26.0 Å². The van der Waals surface area contributed by atoms with Crippen molar-refractivity contribution < 1.29 is 4.39 Å². The van der Waals surface area contributed by atoms with Crippen molar-refractivity contribution in [3.8, 4) is 6.07 Å². The molecule has 78 valence electrons.